The molecule has 2 heterocycles. The Kier molecular flexibility index (Phi) is 12.0. The molecule has 0 aliphatic carbocycles. The molecule has 0 spiro atoms. The summed E-state index contributed by atoms with van der Waals surface area (Å²) in [5.74, 6) is 1.53. The van der Waals surface area contributed by atoms with Crippen molar-refractivity contribution in [1.29, 1.82) is 0 Å². The molecule has 2 aliphatic heterocycles. The van der Waals surface area contributed by atoms with Crippen LogP contribution in [-0.2, 0) is 9.16 Å². The van der Waals surface area contributed by atoms with Crippen molar-refractivity contribution < 1.29 is 23.1 Å². The van der Waals surface area contributed by atoms with E-state index in [4.69, 9.17) is 24.1 Å². The first-order valence-corrected chi connectivity index (χ1v) is 23.0. The Labute approximate surface area is 292 Å². The van der Waals surface area contributed by atoms with Gasteiger partial charge in [0.25, 0.3) is 14.2 Å². The van der Waals surface area contributed by atoms with E-state index in [0.717, 1.165) is 37.2 Å². The highest BCUT2D eigenvalue weighted by Crippen LogP contribution is 2.46. The minimum atomic E-state index is -2.29. The highest BCUT2D eigenvalue weighted by atomic mass is 28.4. The zero-order valence-electron chi connectivity index (χ0n) is 31.7. The summed E-state index contributed by atoms with van der Waals surface area (Å²) in [5, 5.41) is 0.0603. The number of rotatable bonds is 12. The number of carbonyl (C=O) groups is 1. The van der Waals surface area contributed by atoms with Gasteiger partial charge in [-0.1, -0.05) is 86.6 Å². The van der Waals surface area contributed by atoms with Gasteiger partial charge in [0.2, 0.25) is 0 Å². The molecule has 48 heavy (non-hydrogen) atoms. The smallest absolute Gasteiger partial charge is 0.260 e. The van der Waals surface area contributed by atoms with E-state index in [9.17, 15) is 4.79 Å². The lowest BCUT2D eigenvalue weighted by atomic mass is 9.90. The first-order chi connectivity index (χ1) is 22.4. The monoisotopic (exact) mass is 694 g/mol. The third-order valence-electron chi connectivity index (χ3n) is 11.4. The predicted octanol–water partition coefficient (Wildman–Crippen LogP) is 10.0. The molecule has 0 unspecified atom stereocenters. The van der Waals surface area contributed by atoms with Crippen molar-refractivity contribution in [3.05, 3.63) is 59.3 Å². The van der Waals surface area contributed by atoms with E-state index >= 15 is 0 Å². The summed E-state index contributed by atoms with van der Waals surface area (Å²) in [6, 6.07) is 12.3. The standard InChI is InChI=1S/C39H62N2O5Si2/c1-26(2)48(27(3)4,28(5)6)46-37-23-35(40)34(22-36(37)43-10)38(42)41-24-32(21-33(41)25-45-47(11,12)39(7,8)9)30-15-13-29(14-16-30)31-17-19-44-20-18-31/h13-16,22-24,26-28,31,33H,17-21,25,40H2,1-12H3/t33-/m0/s1. The molecule has 1 atom stereocenters. The molecular weight excluding hydrogens is 633 g/mol. The van der Waals surface area contributed by atoms with Gasteiger partial charge in [-0.2, -0.15) is 0 Å². The number of amides is 1. The van der Waals surface area contributed by atoms with Gasteiger partial charge in [0, 0.05) is 31.2 Å². The van der Waals surface area contributed by atoms with E-state index < -0.39 is 16.6 Å². The lowest BCUT2D eigenvalue weighted by molar-refractivity contribution is 0.0738. The minimum absolute atomic E-state index is 0.0603. The van der Waals surface area contributed by atoms with Gasteiger partial charge < -0.3 is 29.0 Å². The molecule has 0 saturated carbocycles. The minimum Gasteiger partial charge on any atom is -0.540 e. The molecule has 1 fully saturated rings. The van der Waals surface area contributed by atoms with Crippen LogP contribution >= 0.6 is 0 Å². The molecule has 0 radical (unpaired) electrons. The second-order valence-electron chi connectivity index (χ2n) is 16.3. The molecule has 7 nitrogen and oxygen atoms in total. The second kappa shape index (κ2) is 15.1. The van der Waals surface area contributed by atoms with Crippen LogP contribution in [0.5, 0.6) is 11.5 Å². The quantitative estimate of drug-likeness (QED) is 0.176. The Hall–Kier alpha value is -2.60. The summed E-state index contributed by atoms with van der Waals surface area (Å²) in [7, 11) is -2.71. The largest absolute Gasteiger partial charge is 0.540 e. The highest BCUT2D eigenvalue weighted by molar-refractivity contribution is 6.78. The van der Waals surface area contributed by atoms with Gasteiger partial charge in [0.15, 0.2) is 14.1 Å². The normalized spacial score (nSPS) is 18.2. The summed E-state index contributed by atoms with van der Waals surface area (Å²) < 4.78 is 25.2. The van der Waals surface area contributed by atoms with Gasteiger partial charge in [0.1, 0.15) is 5.75 Å². The van der Waals surface area contributed by atoms with E-state index in [1.807, 2.05) is 11.1 Å². The van der Waals surface area contributed by atoms with E-state index in [-0.39, 0.29) is 17.0 Å². The third-order valence-corrected chi connectivity index (χ3v) is 21.8. The third kappa shape index (κ3) is 7.90. The van der Waals surface area contributed by atoms with Gasteiger partial charge in [-0.3, -0.25) is 4.79 Å². The lowest BCUT2D eigenvalue weighted by Gasteiger charge is -2.42. The van der Waals surface area contributed by atoms with Crippen LogP contribution in [0.3, 0.4) is 0 Å². The zero-order chi connectivity index (χ0) is 35.6. The fourth-order valence-corrected chi connectivity index (χ4v) is 13.7. The van der Waals surface area contributed by atoms with Crippen LogP contribution in [0.25, 0.3) is 5.57 Å². The van der Waals surface area contributed by atoms with Crippen LogP contribution in [0.4, 0.5) is 5.69 Å². The maximum Gasteiger partial charge on any atom is 0.260 e. The van der Waals surface area contributed by atoms with Gasteiger partial charge >= 0.3 is 0 Å². The number of methoxy groups -OCH3 is 1. The summed E-state index contributed by atoms with van der Waals surface area (Å²) in [4.78, 5) is 16.3. The first kappa shape index (κ1) is 38.2. The Morgan fingerprint density at radius 3 is 2.06 bits per heavy atom. The summed E-state index contributed by atoms with van der Waals surface area (Å²) in [6.07, 6.45) is 4.83. The molecule has 2 aromatic rings. The molecule has 9 heteroatoms. The van der Waals surface area contributed by atoms with Crippen LogP contribution in [0, 0.1) is 0 Å². The fraction of sp³-hybridized carbons (Fsp3) is 0.615. The first-order valence-electron chi connectivity index (χ1n) is 17.9. The van der Waals surface area contributed by atoms with Crippen LogP contribution in [0.15, 0.2) is 42.6 Å². The Morgan fingerprint density at radius 2 is 1.54 bits per heavy atom. The summed E-state index contributed by atoms with van der Waals surface area (Å²) in [5.41, 5.74) is 12.3. The van der Waals surface area contributed by atoms with Crippen LogP contribution in [0.2, 0.25) is 34.8 Å². The molecular formula is C39H62N2O5Si2. The van der Waals surface area contributed by atoms with Crippen molar-refractivity contribution in [3.8, 4) is 11.5 Å². The van der Waals surface area contributed by atoms with E-state index in [2.05, 4.69) is 99.7 Å². The number of carbonyl (C=O) groups excluding carboxylic acids is 1. The highest BCUT2D eigenvalue weighted by Gasteiger charge is 2.48. The van der Waals surface area contributed by atoms with E-state index in [1.54, 1.807) is 19.2 Å². The lowest BCUT2D eigenvalue weighted by Crippen LogP contribution is -2.50. The molecule has 0 aromatic heterocycles. The SMILES string of the molecule is COc1cc(C(=O)N2C=C(c3ccc(C4CCOCC4)cc3)C[C@H]2CO[Si](C)(C)C(C)(C)C)c(N)cc1O[Si](C(C)C)(C(C)C)C(C)C. The maximum atomic E-state index is 14.5. The van der Waals surface area contributed by atoms with Crippen LogP contribution in [-0.4, -0.2) is 60.4 Å². The van der Waals surface area contributed by atoms with Crippen molar-refractivity contribution in [2.24, 2.45) is 0 Å². The number of benzene rings is 2. The van der Waals surface area contributed by atoms with Gasteiger partial charge in [0.05, 0.1) is 25.3 Å². The fourth-order valence-electron chi connectivity index (χ4n) is 7.44. The molecule has 1 amide bonds. The number of nitrogens with two attached hydrogens (primary N) is 1. The van der Waals surface area contributed by atoms with Crippen molar-refractivity contribution in [1.82, 2.24) is 4.90 Å². The van der Waals surface area contributed by atoms with Crippen LogP contribution in [0.1, 0.15) is 109 Å². The molecule has 2 aliphatic rings. The number of ether oxygens (including phenoxy) is 2. The van der Waals surface area contributed by atoms with E-state index in [0.29, 0.717) is 58.3 Å². The summed E-state index contributed by atoms with van der Waals surface area (Å²) in [6.45, 7) is 26.9. The maximum absolute atomic E-state index is 14.5. The Balaban J connectivity index is 1.69. The van der Waals surface area contributed by atoms with Crippen molar-refractivity contribution >= 4 is 33.8 Å². The van der Waals surface area contributed by atoms with E-state index in [1.165, 1.54) is 5.56 Å². The second-order valence-corrected chi connectivity index (χ2v) is 26.5. The molecule has 2 N–H and O–H groups in total. The van der Waals surface area contributed by atoms with Crippen molar-refractivity contribution in [2.45, 2.75) is 128 Å². The Morgan fingerprint density at radius 1 is 0.958 bits per heavy atom. The molecule has 4 rings (SSSR count). The average Bonchev–Trinajstić information content (AvgIpc) is 3.46. The summed E-state index contributed by atoms with van der Waals surface area (Å²) >= 11 is 0. The van der Waals surface area contributed by atoms with Gasteiger partial charge in [-0.15, -0.1) is 0 Å². The number of anilines is 1. The number of nitrogens with zero attached hydrogens (tertiary/aromatic N) is 1. The van der Waals surface area contributed by atoms with Crippen LogP contribution < -0.4 is 14.9 Å². The van der Waals surface area contributed by atoms with Gasteiger partial charge in [-0.25, -0.2) is 0 Å². The van der Waals surface area contributed by atoms with Crippen molar-refractivity contribution in [3.63, 3.8) is 0 Å². The molecule has 266 valence electrons. The van der Waals surface area contributed by atoms with Gasteiger partial charge in [-0.05, 0) is 82.7 Å². The van der Waals surface area contributed by atoms with Crippen molar-refractivity contribution in [2.75, 3.05) is 32.7 Å². The topological polar surface area (TPSA) is 83.2 Å². The molecule has 1 saturated heterocycles. The number of nitrogen functional groups attached to an aromatic ring is 1. The zero-order valence-corrected chi connectivity index (χ0v) is 33.7. The predicted molar refractivity (Wildman–Crippen MR) is 204 cm³/mol. The molecule has 2 aromatic carbocycles. The number of hydrogen-bond donors (Lipinski definition) is 1. The average molecular weight is 695 g/mol. The molecule has 0 bridgehead atoms. The number of hydrogen-bond acceptors (Lipinski definition) is 6. The Bertz CT molecular complexity index is 1420.